The van der Waals surface area contributed by atoms with Gasteiger partial charge in [-0.2, -0.15) is 0 Å². The molecule has 2 heteroatoms. The topological polar surface area (TPSA) is 14.2 Å². The minimum absolute atomic E-state index is 0.475. The Morgan fingerprint density at radius 1 is 0.684 bits per heavy atom. The van der Waals surface area contributed by atoms with Crippen LogP contribution in [-0.4, -0.2) is 4.57 Å². The van der Waals surface area contributed by atoms with Crippen LogP contribution < -0.4 is 4.74 Å². The first-order valence-electron chi connectivity index (χ1n) is 13.1. The van der Waals surface area contributed by atoms with E-state index in [-0.39, 0.29) is 0 Å². The molecule has 0 fully saturated rings. The molecular weight excluding hydrogens is 462 g/mol. The molecule has 2 heterocycles. The number of ether oxygens (including phenoxy) is 1. The maximum absolute atomic E-state index is 6.50. The van der Waals surface area contributed by atoms with E-state index in [1.54, 1.807) is 0 Å². The molecule has 2 nitrogen and oxygen atoms in total. The van der Waals surface area contributed by atoms with Crippen LogP contribution in [0.25, 0.3) is 38.6 Å². The standard InChI is InChI=1S/C36H25NO/c1-3-23(4-2)37-31-18-10-6-13-24(31)25-21-22-30-34(35(25)37)26-14-5-7-15-27(26)36(30)28-16-8-11-19-32(28)38-33-20-12-9-17-29(33)36/h3-22H,1H2,2H3/b23-4+. The van der Waals surface area contributed by atoms with Crippen molar-refractivity contribution in [2.75, 3.05) is 0 Å². The highest BCUT2D eigenvalue weighted by atomic mass is 16.5. The molecular formula is C36H25NO. The smallest absolute Gasteiger partial charge is 0.132 e. The highest BCUT2D eigenvalue weighted by Gasteiger charge is 2.51. The molecule has 2 aliphatic rings. The van der Waals surface area contributed by atoms with Crippen LogP contribution in [0.1, 0.15) is 29.2 Å². The third-order valence-corrected chi connectivity index (χ3v) is 8.41. The Bertz CT molecular complexity index is 1940. The second-order valence-corrected chi connectivity index (χ2v) is 10.0. The summed E-state index contributed by atoms with van der Waals surface area (Å²) >= 11 is 0. The predicted octanol–water partition coefficient (Wildman–Crippen LogP) is 9.31. The summed E-state index contributed by atoms with van der Waals surface area (Å²) in [4.78, 5) is 0. The van der Waals surface area contributed by atoms with Crippen molar-refractivity contribution in [2.45, 2.75) is 12.3 Å². The molecule has 0 N–H and O–H groups in total. The van der Waals surface area contributed by atoms with Gasteiger partial charge in [0.2, 0.25) is 0 Å². The van der Waals surface area contributed by atoms with Crippen molar-refractivity contribution in [3.05, 3.63) is 150 Å². The summed E-state index contributed by atoms with van der Waals surface area (Å²) in [5.41, 5.74) is 10.5. The molecule has 0 bridgehead atoms. The van der Waals surface area contributed by atoms with Gasteiger partial charge < -0.3 is 9.30 Å². The second-order valence-electron chi connectivity index (χ2n) is 10.0. The molecule has 5 aromatic carbocycles. The zero-order valence-electron chi connectivity index (χ0n) is 21.1. The summed E-state index contributed by atoms with van der Waals surface area (Å²) in [5, 5.41) is 2.50. The quantitative estimate of drug-likeness (QED) is 0.222. The molecule has 1 aliphatic heterocycles. The molecule has 0 radical (unpaired) electrons. The van der Waals surface area contributed by atoms with Gasteiger partial charge in [0, 0.05) is 33.2 Å². The lowest BCUT2D eigenvalue weighted by molar-refractivity contribution is 0.436. The van der Waals surface area contributed by atoms with Crippen molar-refractivity contribution >= 4 is 27.5 Å². The van der Waals surface area contributed by atoms with Gasteiger partial charge >= 0.3 is 0 Å². The Balaban J connectivity index is 1.64. The van der Waals surface area contributed by atoms with Gasteiger partial charge in [-0.05, 0) is 47.9 Å². The van der Waals surface area contributed by atoms with Crippen LogP contribution in [0.4, 0.5) is 0 Å². The van der Waals surface area contributed by atoms with E-state index in [2.05, 4.69) is 133 Å². The third-order valence-electron chi connectivity index (χ3n) is 8.41. The van der Waals surface area contributed by atoms with E-state index >= 15 is 0 Å². The van der Waals surface area contributed by atoms with Crippen LogP contribution in [0.15, 0.2) is 128 Å². The van der Waals surface area contributed by atoms with E-state index in [1.165, 1.54) is 55.2 Å². The SMILES string of the molecule is C=C/C(=C\C)n1c2ccccc2c2ccc3c(c21)-c1ccccc1C31c2ccccc2Oc2ccccc21. The van der Waals surface area contributed by atoms with E-state index in [4.69, 9.17) is 4.74 Å². The zero-order valence-corrected chi connectivity index (χ0v) is 21.1. The number of rotatable bonds is 2. The van der Waals surface area contributed by atoms with Gasteiger partial charge in [-0.1, -0.05) is 104 Å². The first-order valence-corrected chi connectivity index (χ1v) is 13.1. The molecule has 0 saturated heterocycles. The van der Waals surface area contributed by atoms with Crippen LogP contribution in [-0.2, 0) is 5.41 Å². The highest BCUT2D eigenvalue weighted by Crippen LogP contribution is 2.63. The largest absolute Gasteiger partial charge is 0.457 e. The van der Waals surface area contributed by atoms with Crippen LogP contribution >= 0.6 is 0 Å². The molecule has 1 spiro atoms. The van der Waals surface area contributed by atoms with Crippen molar-refractivity contribution in [1.82, 2.24) is 4.57 Å². The minimum Gasteiger partial charge on any atom is -0.457 e. The summed E-state index contributed by atoms with van der Waals surface area (Å²) in [5.74, 6) is 1.82. The summed E-state index contributed by atoms with van der Waals surface area (Å²) in [6.07, 6.45) is 4.11. The molecule has 0 amide bonds. The fourth-order valence-electron chi connectivity index (χ4n) is 7.00. The Morgan fingerprint density at radius 2 is 1.32 bits per heavy atom. The molecule has 0 saturated carbocycles. The summed E-state index contributed by atoms with van der Waals surface area (Å²) in [7, 11) is 0. The van der Waals surface area contributed by atoms with Gasteiger partial charge in [-0.15, -0.1) is 0 Å². The third kappa shape index (κ3) is 2.43. The molecule has 1 aliphatic carbocycles. The van der Waals surface area contributed by atoms with Gasteiger partial charge in [0.15, 0.2) is 0 Å². The molecule has 8 rings (SSSR count). The Labute approximate surface area is 221 Å². The summed E-state index contributed by atoms with van der Waals surface area (Å²) < 4.78 is 8.89. The fraction of sp³-hybridized carbons (Fsp3) is 0.0556. The zero-order chi connectivity index (χ0) is 25.4. The molecule has 180 valence electrons. The van der Waals surface area contributed by atoms with Crippen molar-refractivity contribution in [1.29, 1.82) is 0 Å². The van der Waals surface area contributed by atoms with Gasteiger partial charge in [0.25, 0.3) is 0 Å². The Kier molecular flexibility index (Phi) is 4.25. The van der Waals surface area contributed by atoms with Gasteiger partial charge in [-0.3, -0.25) is 0 Å². The van der Waals surface area contributed by atoms with E-state index in [0.717, 1.165) is 17.2 Å². The lowest BCUT2D eigenvalue weighted by Gasteiger charge is -2.39. The monoisotopic (exact) mass is 487 g/mol. The second kappa shape index (κ2) is 7.60. The highest BCUT2D eigenvalue weighted by molar-refractivity contribution is 6.17. The molecule has 0 atom stereocenters. The maximum Gasteiger partial charge on any atom is 0.132 e. The van der Waals surface area contributed by atoms with Crippen LogP contribution in [0.3, 0.4) is 0 Å². The van der Waals surface area contributed by atoms with Crippen molar-refractivity contribution in [2.24, 2.45) is 0 Å². The van der Waals surface area contributed by atoms with Crippen molar-refractivity contribution in [3.63, 3.8) is 0 Å². The summed E-state index contributed by atoms with van der Waals surface area (Å²) in [6.45, 7) is 6.26. The van der Waals surface area contributed by atoms with E-state index in [0.29, 0.717) is 0 Å². The number of para-hydroxylation sites is 3. The Morgan fingerprint density at radius 3 is 2.03 bits per heavy atom. The van der Waals surface area contributed by atoms with E-state index in [9.17, 15) is 0 Å². The number of hydrogen-bond acceptors (Lipinski definition) is 1. The molecule has 0 unspecified atom stereocenters. The molecule has 1 aromatic heterocycles. The lowest BCUT2D eigenvalue weighted by atomic mass is 9.66. The lowest BCUT2D eigenvalue weighted by Crippen LogP contribution is -2.32. The van der Waals surface area contributed by atoms with E-state index in [1.807, 2.05) is 6.08 Å². The van der Waals surface area contributed by atoms with Crippen LogP contribution in [0.2, 0.25) is 0 Å². The first-order chi connectivity index (χ1) is 18.8. The summed E-state index contributed by atoms with van der Waals surface area (Å²) in [6, 6.07) is 39.3. The van der Waals surface area contributed by atoms with Crippen molar-refractivity contribution in [3.8, 4) is 22.6 Å². The van der Waals surface area contributed by atoms with Crippen LogP contribution in [0, 0.1) is 0 Å². The van der Waals surface area contributed by atoms with Gasteiger partial charge in [0.1, 0.15) is 11.5 Å². The average molecular weight is 488 g/mol. The fourth-order valence-corrected chi connectivity index (χ4v) is 7.00. The number of nitrogens with zero attached hydrogens (tertiary/aromatic N) is 1. The van der Waals surface area contributed by atoms with Crippen LogP contribution in [0.5, 0.6) is 11.5 Å². The molecule has 38 heavy (non-hydrogen) atoms. The minimum atomic E-state index is -0.475. The number of fused-ring (bicyclic) bond motifs is 13. The maximum atomic E-state index is 6.50. The normalized spacial score (nSPS) is 14.6. The first kappa shape index (κ1) is 21.3. The predicted molar refractivity (Wildman–Crippen MR) is 157 cm³/mol. The van der Waals surface area contributed by atoms with Gasteiger partial charge in [-0.25, -0.2) is 0 Å². The van der Waals surface area contributed by atoms with Gasteiger partial charge in [0.05, 0.1) is 16.4 Å². The number of benzene rings is 5. The molecule has 6 aromatic rings. The van der Waals surface area contributed by atoms with E-state index < -0.39 is 5.41 Å². The average Bonchev–Trinajstić information content (AvgIpc) is 3.46. The van der Waals surface area contributed by atoms with Crippen molar-refractivity contribution < 1.29 is 4.74 Å². The number of allylic oxidation sites excluding steroid dienone is 3. The Hall–Kier alpha value is -4.82. The number of aromatic nitrogens is 1. The number of hydrogen-bond donors (Lipinski definition) is 0.